The van der Waals surface area contributed by atoms with E-state index in [9.17, 15) is 13.2 Å². The molecular formula is C19H32N2O4S. The van der Waals surface area contributed by atoms with Gasteiger partial charge < -0.3 is 10.1 Å². The summed E-state index contributed by atoms with van der Waals surface area (Å²) in [7, 11) is -1.83. The minimum Gasteiger partial charge on any atom is -0.481 e. The summed E-state index contributed by atoms with van der Waals surface area (Å²) < 4.78 is 30.0. The molecule has 0 bridgehead atoms. The Bertz CT molecular complexity index is 719. The van der Waals surface area contributed by atoms with E-state index in [-0.39, 0.29) is 16.9 Å². The SMILES string of the molecule is C[C@@H](Oc1ccc(N(C)S(C)(=O)=O)cc1)C(=O)NC(C)(C)CC(C)(C)C. The van der Waals surface area contributed by atoms with Crippen LogP contribution in [0.5, 0.6) is 5.75 Å². The Kier molecular flexibility index (Phi) is 6.74. The summed E-state index contributed by atoms with van der Waals surface area (Å²) >= 11 is 0. The van der Waals surface area contributed by atoms with Gasteiger partial charge in [-0.25, -0.2) is 8.42 Å². The largest absolute Gasteiger partial charge is 0.481 e. The number of rotatable bonds is 7. The molecule has 0 aliphatic heterocycles. The second-order valence-electron chi connectivity index (χ2n) is 8.60. The quantitative estimate of drug-likeness (QED) is 0.783. The molecule has 0 radical (unpaired) electrons. The molecule has 0 heterocycles. The van der Waals surface area contributed by atoms with Gasteiger partial charge in [0, 0.05) is 12.6 Å². The third-order valence-electron chi connectivity index (χ3n) is 3.81. The summed E-state index contributed by atoms with van der Waals surface area (Å²) in [5.74, 6) is 0.323. The Labute approximate surface area is 158 Å². The van der Waals surface area contributed by atoms with Gasteiger partial charge in [0.25, 0.3) is 5.91 Å². The van der Waals surface area contributed by atoms with E-state index >= 15 is 0 Å². The molecule has 0 unspecified atom stereocenters. The number of sulfonamides is 1. The monoisotopic (exact) mass is 384 g/mol. The summed E-state index contributed by atoms with van der Waals surface area (Å²) in [6.45, 7) is 12.1. The van der Waals surface area contributed by atoms with Crippen LogP contribution in [0, 0.1) is 5.41 Å². The topological polar surface area (TPSA) is 75.7 Å². The van der Waals surface area contributed by atoms with Crippen molar-refractivity contribution in [3.8, 4) is 5.75 Å². The number of hydrogen-bond donors (Lipinski definition) is 1. The van der Waals surface area contributed by atoms with Gasteiger partial charge in [-0.3, -0.25) is 9.10 Å². The van der Waals surface area contributed by atoms with Crippen molar-refractivity contribution in [1.82, 2.24) is 5.32 Å². The van der Waals surface area contributed by atoms with Gasteiger partial charge >= 0.3 is 0 Å². The van der Waals surface area contributed by atoms with Crippen LogP contribution in [0.3, 0.4) is 0 Å². The van der Waals surface area contributed by atoms with Gasteiger partial charge in [-0.2, -0.15) is 0 Å². The Hall–Kier alpha value is -1.76. The number of nitrogens with one attached hydrogen (secondary N) is 1. The highest BCUT2D eigenvalue weighted by molar-refractivity contribution is 7.92. The van der Waals surface area contributed by atoms with Crippen LogP contribution in [0.1, 0.15) is 48.0 Å². The van der Waals surface area contributed by atoms with Gasteiger partial charge in [0.1, 0.15) is 5.75 Å². The third kappa shape index (κ3) is 7.23. The maximum absolute atomic E-state index is 12.4. The molecule has 1 aromatic carbocycles. The molecule has 0 saturated heterocycles. The van der Waals surface area contributed by atoms with E-state index < -0.39 is 16.1 Å². The number of benzene rings is 1. The minimum absolute atomic E-state index is 0.0996. The number of carbonyl (C=O) groups excluding carboxylic acids is 1. The Morgan fingerprint density at radius 1 is 1.15 bits per heavy atom. The zero-order valence-corrected chi connectivity index (χ0v) is 17.9. The van der Waals surface area contributed by atoms with Crippen LogP contribution in [0.15, 0.2) is 24.3 Å². The lowest BCUT2D eigenvalue weighted by atomic mass is 9.81. The molecule has 0 aromatic heterocycles. The molecule has 6 nitrogen and oxygen atoms in total. The van der Waals surface area contributed by atoms with Gasteiger partial charge in [0.2, 0.25) is 10.0 Å². The number of nitrogens with zero attached hydrogens (tertiary/aromatic N) is 1. The van der Waals surface area contributed by atoms with Crippen LogP contribution in [0.25, 0.3) is 0 Å². The van der Waals surface area contributed by atoms with Crippen molar-refractivity contribution >= 4 is 21.6 Å². The molecule has 0 saturated carbocycles. The van der Waals surface area contributed by atoms with Crippen molar-refractivity contribution in [3.05, 3.63) is 24.3 Å². The van der Waals surface area contributed by atoms with Crippen LogP contribution in [-0.4, -0.2) is 39.3 Å². The van der Waals surface area contributed by atoms with Crippen molar-refractivity contribution in [2.75, 3.05) is 17.6 Å². The van der Waals surface area contributed by atoms with Gasteiger partial charge in [-0.05, 0) is 56.9 Å². The molecule has 1 rings (SSSR count). The predicted octanol–water partition coefficient (Wildman–Crippen LogP) is 3.18. The molecule has 1 atom stereocenters. The molecule has 0 spiro atoms. The van der Waals surface area contributed by atoms with Gasteiger partial charge in [-0.15, -0.1) is 0 Å². The lowest BCUT2D eigenvalue weighted by Gasteiger charge is -2.34. The van der Waals surface area contributed by atoms with E-state index in [4.69, 9.17) is 4.74 Å². The van der Waals surface area contributed by atoms with E-state index in [1.807, 2.05) is 13.8 Å². The highest BCUT2D eigenvalue weighted by Crippen LogP contribution is 2.27. The lowest BCUT2D eigenvalue weighted by Crippen LogP contribution is -2.50. The number of hydrogen-bond acceptors (Lipinski definition) is 4. The normalized spacial score (nSPS) is 13.8. The Balaban J connectivity index is 2.73. The molecule has 1 aromatic rings. The van der Waals surface area contributed by atoms with E-state index in [1.165, 1.54) is 11.4 Å². The Morgan fingerprint density at radius 2 is 1.65 bits per heavy atom. The van der Waals surface area contributed by atoms with Crippen molar-refractivity contribution in [2.24, 2.45) is 5.41 Å². The van der Waals surface area contributed by atoms with Crippen molar-refractivity contribution < 1.29 is 17.9 Å². The summed E-state index contributed by atoms with van der Waals surface area (Å²) in [5, 5.41) is 3.03. The summed E-state index contributed by atoms with van der Waals surface area (Å²) in [6.07, 6.45) is 1.32. The van der Waals surface area contributed by atoms with Gasteiger partial charge in [0.15, 0.2) is 6.10 Å². The fourth-order valence-electron chi connectivity index (χ4n) is 2.99. The van der Waals surface area contributed by atoms with Gasteiger partial charge in [-0.1, -0.05) is 20.8 Å². The van der Waals surface area contributed by atoms with Crippen molar-refractivity contribution in [3.63, 3.8) is 0 Å². The van der Waals surface area contributed by atoms with Crippen molar-refractivity contribution in [2.45, 2.75) is 59.6 Å². The molecule has 7 heteroatoms. The maximum Gasteiger partial charge on any atom is 0.261 e. The second-order valence-corrected chi connectivity index (χ2v) is 10.6. The van der Waals surface area contributed by atoms with Crippen LogP contribution >= 0.6 is 0 Å². The molecule has 0 aliphatic carbocycles. The van der Waals surface area contributed by atoms with Crippen LogP contribution < -0.4 is 14.4 Å². The minimum atomic E-state index is -3.31. The molecule has 0 aliphatic rings. The number of ether oxygens (including phenoxy) is 1. The zero-order valence-electron chi connectivity index (χ0n) is 17.1. The first-order chi connectivity index (χ1) is 11.6. The average Bonchev–Trinajstić information content (AvgIpc) is 2.43. The molecule has 1 N–H and O–H groups in total. The van der Waals surface area contributed by atoms with Crippen LogP contribution in [-0.2, 0) is 14.8 Å². The predicted molar refractivity (Wildman–Crippen MR) is 106 cm³/mol. The average molecular weight is 385 g/mol. The smallest absolute Gasteiger partial charge is 0.261 e. The van der Waals surface area contributed by atoms with Crippen LogP contribution in [0.2, 0.25) is 0 Å². The molecular weight excluding hydrogens is 352 g/mol. The van der Waals surface area contributed by atoms with E-state index in [0.717, 1.165) is 12.7 Å². The van der Waals surface area contributed by atoms with E-state index in [0.29, 0.717) is 11.4 Å². The third-order valence-corrected chi connectivity index (χ3v) is 5.02. The summed E-state index contributed by atoms with van der Waals surface area (Å²) in [5.41, 5.74) is 0.292. The molecule has 148 valence electrons. The van der Waals surface area contributed by atoms with Gasteiger partial charge in [0.05, 0.1) is 11.9 Å². The lowest BCUT2D eigenvalue weighted by molar-refractivity contribution is -0.129. The number of amides is 1. The molecule has 1 amide bonds. The summed E-state index contributed by atoms with van der Waals surface area (Å²) in [4.78, 5) is 12.4. The van der Waals surface area contributed by atoms with Crippen molar-refractivity contribution in [1.29, 1.82) is 0 Å². The fraction of sp³-hybridized carbons (Fsp3) is 0.632. The first kappa shape index (κ1) is 22.3. The molecule has 0 fully saturated rings. The standard InChI is InChI=1S/C19H32N2O4S/c1-14(17(22)20-19(5,6)13-18(2,3)4)25-16-11-9-15(10-12-16)21(7)26(8,23)24/h9-12,14H,13H2,1-8H3,(H,20,22)/t14-/m1/s1. The molecule has 26 heavy (non-hydrogen) atoms. The maximum atomic E-state index is 12.4. The fourth-order valence-corrected chi connectivity index (χ4v) is 3.49. The highest BCUT2D eigenvalue weighted by Gasteiger charge is 2.29. The second kappa shape index (κ2) is 7.86. The first-order valence-electron chi connectivity index (χ1n) is 8.63. The first-order valence-corrected chi connectivity index (χ1v) is 10.5. The van der Waals surface area contributed by atoms with E-state index in [1.54, 1.807) is 31.2 Å². The number of anilines is 1. The number of carbonyl (C=O) groups is 1. The highest BCUT2D eigenvalue weighted by atomic mass is 32.2. The summed E-state index contributed by atoms with van der Waals surface area (Å²) in [6, 6.07) is 6.59. The van der Waals surface area contributed by atoms with E-state index in [2.05, 4.69) is 26.1 Å². The Morgan fingerprint density at radius 3 is 2.08 bits per heavy atom. The zero-order chi connectivity index (χ0) is 20.3. The van der Waals surface area contributed by atoms with Crippen LogP contribution in [0.4, 0.5) is 5.69 Å².